The van der Waals surface area contributed by atoms with Crippen LogP contribution in [0.15, 0.2) is 18.3 Å². The van der Waals surface area contributed by atoms with Crippen LogP contribution in [0, 0.1) is 11.7 Å². The summed E-state index contributed by atoms with van der Waals surface area (Å²) >= 11 is 0. The van der Waals surface area contributed by atoms with Crippen molar-refractivity contribution in [2.24, 2.45) is 11.7 Å². The fourth-order valence-electron chi connectivity index (χ4n) is 2.69. The molecule has 1 atom stereocenters. The zero-order valence-electron chi connectivity index (χ0n) is 11.0. The van der Waals surface area contributed by atoms with Crippen LogP contribution < -0.4 is 5.73 Å². The molecule has 1 fully saturated rings. The maximum absolute atomic E-state index is 12.8. The van der Waals surface area contributed by atoms with Crippen molar-refractivity contribution in [3.05, 3.63) is 29.8 Å². The van der Waals surface area contributed by atoms with Crippen LogP contribution in [0.3, 0.4) is 0 Å². The molecule has 0 amide bonds. The van der Waals surface area contributed by atoms with E-state index in [4.69, 9.17) is 5.73 Å². The molecule has 0 saturated carbocycles. The van der Waals surface area contributed by atoms with Crippen molar-refractivity contribution >= 4 is 0 Å². The van der Waals surface area contributed by atoms with Gasteiger partial charge in [0.05, 0.1) is 11.9 Å². The predicted octanol–water partition coefficient (Wildman–Crippen LogP) is 2.34. The molecule has 2 rings (SSSR count). The van der Waals surface area contributed by atoms with Gasteiger partial charge in [-0.15, -0.1) is 0 Å². The van der Waals surface area contributed by atoms with Gasteiger partial charge < -0.3 is 5.73 Å². The third-order valence-corrected chi connectivity index (χ3v) is 3.95. The molecule has 2 N–H and O–H groups in total. The lowest BCUT2D eigenvalue weighted by Gasteiger charge is -2.35. The number of aromatic nitrogens is 1. The molecular weight excluding hydrogens is 229 g/mol. The summed E-state index contributed by atoms with van der Waals surface area (Å²) in [4.78, 5) is 6.60. The Kier molecular flexibility index (Phi) is 4.66. The van der Waals surface area contributed by atoms with Gasteiger partial charge in [-0.3, -0.25) is 9.88 Å². The lowest BCUT2D eigenvalue weighted by molar-refractivity contribution is 0.136. The minimum Gasteiger partial charge on any atom is -0.330 e. The number of piperidine rings is 1. The van der Waals surface area contributed by atoms with Crippen molar-refractivity contribution in [2.45, 2.75) is 32.2 Å². The summed E-state index contributed by atoms with van der Waals surface area (Å²) in [5.41, 5.74) is 6.55. The molecule has 18 heavy (non-hydrogen) atoms. The molecule has 1 aromatic heterocycles. The summed E-state index contributed by atoms with van der Waals surface area (Å²) in [6.45, 7) is 5.11. The van der Waals surface area contributed by atoms with E-state index in [1.807, 2.05) is 0 Å². The number of nitrogens with two attached hydrogens (primary N) is 1. The summed E-state index contributed by atoms with van der Waals surface area (Å²) in [5.74, 6) is 0.507. The molecule has 0 aliphatic carbocycles. The highest BCUT2D eigenvalue weighted by Crippen LogP contribution is 2.26. The molecule has 2 heterocycles. The third-order valence-electron chi connectivity index (χ3n) is 3.95. The summed E-state index contributed by atoms with van der Waals surface area (Å²) < 4.78 is 12.8. The molecule has 0 spiro atoms. The zero-order valence-corrected chi connectivity index (χ0v) is 11.0. The van der Waals surface area contributed by atoms with Gasteiger partial charge in [-0.1, -0.05) is 0 Å². The predicted molar refractivity (Wildman–Crippen MR) is 70.6 cm³/mol. The molecule has 1 aromatic rings. The van der Waals surface area contributed by atoms with Gasteiger partial charge >= 0.3 is 0 Å². The molecule has 1 unspecified atom stereocenters. The highest BCUT2D eigenvalue weighted by molar-refractivity contribution is 5.09. The minimum absolute atomic E-state index is 0.268. The van der Waals surface area contributed by atoms with Crippen LogP contribution in [0.5, 0.6) is 0 Å². The van der Waals surface area contributed by atoms with Gasteiger partial charge in [0.2, 0.25) is 0 Å². The first-order valence-corrected chi connectivity index (χ1v) is 6.76. The maximum Gasteiger partial charge on any atom is 0.141 e. The molecule has 3 nitrogen and oxygen atoms in total. The summed E-state index contributed by atoms with van der Waals surface area (Å²) in [5, 5.41) is 0. The van der Waals surface area contributed by atoms with E-state index < -0.39 is 0 Å². The lowest BCUT2D eigenvalue weighted by atomic mass is 9.92. The van der Waals surface area contributed by atoms with Crippen LogP contribution in [0.4, 0.5) is 4.39 Å². The Morgan fingerprint density at radius 2 is 2.17 bits per heavy atom. The molecule has 0 radical (unpaired) electrons. The Balaban J connectivity index is 1.91. The first-order chi connectivity index (χ1) is 8.70. The third kappa shape index (κ3) is 3.27. The first-order valence-electron chi connectivity index (χ1n) is 6.76. The molecular formula is C14H22FN3. The average Bonchev–Trinajstić information content (AvgIpc) is 2.40. The summed E-state index contributed by atoms with van der Waals surface area (Å²) in [6.07, 6.45) is 4.86. The SMILES string of the molecule is CC(c1ccc(F)cn1)N1CCC(CCN)CC1. The van der Waals surface area contributed by atoms with Crippen LogP contribution in [0.1, 0.15) is 37.9 Å². The second kappa shape index (κ2) is 6.25. The summed E-state index contributed by atoms with van der Waals surface area (Å²) in [7, 11) is 0. The van der Waals surface area contributed by atoms with E-state index in [0.717, 1.165) is 37.7 Å². The molecule has 1 aliphatic heterocycles. The monoisotopic (exact) mass is 251 g/mol. The van der Waals surface area contributed by atoms with Crippen molar-refractivity contribution < 1.29 is 4.39 Å². The van der Waals surface area contributed by atoms with Gasteiger partial charge in [0.25, 0.3) is 0 Å². The number of rotatable bonds is 4. The van der Waals surface area contributed by atoms with Crippen molar-refractivity contribution in [1.82, 2.24) is 9.88 Å². The Bertz CT molecular complexity index is 358. The Hall–Kier alpha value is -1.00. The Labute approximate surface area is 108 Å². The van der Waals surface area contributed by atoms with Gasteiger partial charge in [-0.25, -0.2) is 4.39 Å². The van der Waals surface area contributed by atoms with Gasteiger partial charge in [0, 0.05) is 6.04 Å². The maximum atomic E-state index is 12.8. The molecule has 1 saturated heterocycles. The first kappa shape index (κ1) is 13.4. The van der Waals surface area contributed by atoms with Crippen LogP contribution >= 0.6 is 0 Å². The van der Waals surface area contributed by atoms with Crippen LogP contribution in [0.25, 0.3) is 0 Å². The van der Waals surface area contributed by atoms with Crippen molar-refractivity contribution in [3.63, 3.8) is 0 Å². The van der Waals surface area contributed by atoms with E-state index in [1.54, 1.807) is 6.07 Å². The minimum atomic E-state index is -0.271. The number of likely N-dealkylation sites (tertiary alicyclic amines) is 1. The average molecular weight is 251 g/mol. The normalized spacial score (nSPS) is 19.9. The smallest absolute Gasteiger partial charge is 0.141 e. The fourth-order valence-corrected chi connectivity index (χ4v) is 2.69. The second-order valence-electron chi connectivity index (χ2n) is 5.13. The number of hydrogen-bond acceptors (Lipinski definition) is 3. The van der Waals surface area contributed by atoms with Gasteiger partial charge in [-0.2, -0.15) is 0 Å². The Morgan fingerprint density at radius 3 is 2.72 bits per heavy atom. The Morgan fingerprint density at radius 1 is 1.44 bits per heavy atom. The number of halogens is 1. The van der Waals surface area contributed by atoms with Gasteiger partial charge in [-0.05, 0) is 63.9 Å². The topological polar surface area (TPSA) is 42.2 Å². The molecule has 1 aliphatic rings. The van der Waals surface area contributed by atoms with Gasteiger partial charge in [0.15, 0.2) is 0 Å². The quantitative estimate of drug-likeness (QED) is 0.893. The lowest BCUT2D eigenvalue weighted by Crippen LogP contribution is -2.36. The van der Waals surface area contributed by atoms with Crippen LogP contribution in [-0.4, -0.2) is 29.5 Å². The van der Waals surface area contributed by atoms with E-state index in [0.29, 0.717) is 0 Å². The molecule has 0 bridgehead atoms. The molecule has 4 heteroatoms. The second-order valence-corrected chi connectivity index (χ2v) is 5.13. The van der Waals surface area contributed by atoms with E-state index in [2.05, 4.69) is 16.8 Å². The van der Waals surface area contributed by atoms with E-state index in [-0.39, 0.29) is 11.9 Å². The molecule has 100 valence electrons. The number of hydrogen-bond donors (Lipinski definition) is 1. The van der Waals surface area contributed by atoms with E-state index in [1.165, 1.54) is 25.1 Å². The fraction of sp³-hybridized carbons (Fsp3) is 0.643. The van der Waals surface area contributed by atoms with Crippen LogP contribution in [0.2, 0.25) is 0 Å². The zero-order chi connectivity index (χ0) is 13.0. The highest BCUT2D eigenvalue weighted by Gasteiger charge is 2.23. The van der Waals surface area contributed by atoms with E-state index in [9.17, 15) is 4.39 Å². The summed E-state index contributed by atoms with van der Waals surface area (Å²) in [6, 6.07) is 3.54. The molecule has 0 aromatic carbocycles. The van der Waals surface area contributed by atoms with Crippen molar-refractivity contribution in [1.29, 1.82) is 0 Å². The van der Waals surface area contributed by atoms with E-state index >= 15 is 0 Å². The van der Waals surface area contributed by atoms with Crippen molar-refractivity contribution in [3.8, 4) is 0 Å². The number of pyridine rings is 1. The number of nitrogens with zero attached hydrogens (tertiary/aromatic N) is 2. The van der Waals surface area contributed by atoms with Gasteiger partial charge in [0.1, 0.15) is 5.82 Å². The standard InChI is InChI=1S/C14H22FN3/c1-11(14-3-2-13(15)10-17-14)18-8-5-12(4-7-16)6-9-18/h2-3,10-12H,4-9,16H2,1H3. The largest absolute Gasteiger partial charge is 0.330 e. The van der Waals surface area contributed by atoms with Crippen LogP contribution in [-0.2, 0) is 0 Å². The highest BCUT2D eigenvalue weighted by atomic mass is 19.1. The van der Waals surface area contributed by atoms with Crippen molar-refractivity contribution in [2.75, 3.05) is 19.6 Å².